The zero-order valence-electron chi connectivity index (χ0n) is 12.8. The lowest BCUT2D eigenvalue weighted by Crippen LogP contribution is -2.07. The van der Waals surface area contributed by atoms with Crippen LogP contribution in [0, 0.1) is 5.82 Å². The Morgan fingerprint density at radius 3 is 2.38 bits per heavy atom. The van der Waals surface area contributed by atoms with Crippen LogP contribution < -0.4 is 10.6 Å². The van der Waals surface area contributed by atoms with Gasteiger partial charge in [-0.2, -0.15) is 0 Å². The van der Waals surface area contributed by atoms with Crippen molar-refractivity contribution in [2.24, 2.45) is 0 Å². The largest absolute Gasteiger partial charge is 0.370 e. The number of hydrogen-bond donors (Lipinski definition) is 2. The molecule has 6 heteroatoms. The Morgan fingerprint density at radius 2 is 1.62 bits per heavy atom. The predicted molar refractivity (Wildman–Crippen MR) is 95.4 cm³/mol. The van der Waals surface area contributed by atoms with Crippen LogP contribution in [0.3, 0.4) is 0 Å². The number of aromatic nitrogens is 2. The van der Waals surface area contributed by atoms with E-state index in [2.05, 4.69) is 20.6 Å². The summed E-state index contributed by atoms with van der Waals surface area (Å²) in [4.78, 5) is 8.36. The van der Waals surface area contributed by atoms with Gasteiger partial charge in [-0.15, -0.1) is 0 Å². The molecule has 0 saturated heterocycles. The normalized spacial score (nSPS) is 10.4. The fourth-order valence-corrected chi connectivity index (χ4v) is 2.32. The van der Waals surface area contributed by atoms with Crippen molar-refractivity contribution in [1.29, 1.82) is 0 Å². The lowest BCUT2D eigenvalue weighted by Gasteiger charge is -2.09. The molecule has 0 atom stereocenters. The fourth-order valence-electron chi connectivity index (χ4n) is 2.19. The van der Waals surface area contributed by atoms with Gasteiger partial charge in [0.05, 0.1) is 0 Å². The summed E-state index contributed by atoms with van der Waals surface area (Å²) in [6, 6.07) is 15.7. The maximum Gasteiger partial charge on any atom is 0.135 e. The van der Waals surface area contributed by atoms with E-state index in [1.807, 2.05) is 30.3 Å². The van der Waals surface area contributed by atoms with Gasteiger partial charge in [-0.05, 0) is 48.4 Å². The van der Waals surface area contributed by atoms with Gasteiger partial charge in [0.25, 0.3) is 0 Å². The molecule has 0 saturated carbocycles. The van der Waals surface area contributed by atoms with Gasteiger partial charge in [-0.3, -0.25) is 0 Å². The summed E-state index contributed by atoms with van der Waals surface area (Å²) in [7, 11) is 0. The van der Waals surface area contributed by atoms with Crippen LogP contribution in [0.15, 0.2) is 60.9 Å². The fraction of sp³-hybridized carbons (Fsp3) is 0.111. The Bertz CT molecular complexity index is 791. The average molecular weight is 343 g/mol. The summed E-state index contributed by atoms with van der Waals surface area (Å²) >= 11 is 5.87. The van der Waals surface area contributed by atoms with Crippen molar-refractivity contribution >= 4 is 28.9 Å². The Balaban J connectivity index is 1.56. The third-order valence-corrected chi connectivity index (χ3v) is 3.67. The van der Waals surface area contributed by atoms with Crippen LogP contribution in [-0.4, -0.2) is 16.5 Å². The van der Waals surface area contributed by atoms with E-state index in [0.29, 0.717) is 5.82 Å². The summed E-state index contributed by atoms with van der Waals surface area (Å²) in [5, 5.41) is 7.11. The maximum absolute atomic E-state index is 12.9. The van der Waals surface area contributed by atoms with Crippen LogP contribution in [0.25, 0.3) is 0 Å². The van der Waals surface area contributed by atoms with Crippen molar-refractivity contribution in [3.05, 3.63) is 77.3 Å². The second kappa shape index (κ2) is 7.75. The van der Waals surface area contributed by atoms with Crippen LogP contribution in [0.4, 0.5) is 21.7 Å². The van der Waals surface area contributed by atoms with Gasteiger partial charge < -0.3 is 10.6 Å². The third kappa shape index (κ3) is 4.67. The van der Waals surface area contributed by atoms with Crippen LogP contribution in [-0.2, 0) is 6.42 Å². The number of rotatable bonds is 6. The number of halogens is 2. The lowest BCUT2D eigenvalue weighted by molar-refractivity contribution is 0.628. The molecule has 0 unspecified atom stereocenters. The topological polar surface area (TPSA) is 49.8 Å². The molecular weight excluding hydrogens is 327 g/mol. The smallest absolute Gasteiger partial charge is 0.135 e. The van der Waals surface area contributed by atoms with E-state index in [0.717, 1.165) is 29.5 Å². The zero-order valence-corrected chi connectivity index (χ0v) is 13.6. The molecule has 0 bridgehead atoms. The van der Waals surface area contributed by atoms with E-state index in [4.69, 9.17) is 11.6 Å². The molecule has 3 rings (SSSR count). The van der Waals surface area contributed by atoms with Crippen LogP contribution in [0.5, 0.6) is 0 Å². The van der Waals surface area contributed by atoms with Gasteiger partial charge in [0.1, 0.15) is 23.8 Å². The second-order valence-corrected chi connectivity index (χ2v) is 5.66. The SMILES string of the molecule is Fc1ccc(Nc2cc(NCCc3ccc(Cl)cc3)ncn2)cc1. The maximum atomic E-state index is 12.9. The monoisotopic (exact) mass is 342 g/mol. The molecule has 4 nitrogen and oxygen atoms in total. The van der Waals surface area contributed by atoms with E-state index in [1.165, 1.54) is 24.0 Å². The number of anilines is 3. The predicted octanol–water partition coefficient (Wildman–Crippen LogP) is 4.67. The molecule has 2 N–H and O–H groups in total. The molecule has 0 amide bonds. The highest BCUT2D eigenvalue weighted by atomic mass is 35.5. The van der Waals surface area contributed by atoms with E-state index < -0.39 is 0 Å². The van der Waals surface area contributed by atoms with Crippen molar-refractivity contribution < 1.29 is 4.39 Å². The number of nitrogens with one attached hydrogen (secondary N) is 2. The Labute approximate surface area is 144 Å². The molecule has 1 aromatic heterocycles. The van der Waals surface area contributed by atoms with Crippen molar-refractivity contribution in [3.63, 3.8) is 0 Å². The molecule has 3 aromatic rings. The number of hydrogen-bond acceptors (Lipinski definition) is 4. The quantitative estimate of drug-likeness (QED) is 0.683. The summed E-state index contributed by atoms with van der Waals surface area (Å²) in [6.45, 7) is 0.745. The molecule has 0 fully saturated rings. The summed E-state index contributed by atoms with van der Waals surface area (Å²) < 4.78 is 12.9. The number of benzene rings is 2. The van der Waals surface area contributed by atoms with Gasteiger partial charge >= 0.3 is 0 Å². The van der Waals surface area contributed by atoms with Gasteiger partial charge in [0.15, 0.2) is 0 Å². The molecule has 2 aromatic carbocycles. The van der Waals surface area contributed by atoms with Crippen molar-refractivity contribution in [2.75, 3.05) is 17.2 Å². The highest BCUT2D eigenvalue weighted by Crippen LogP contribution is 2.17. The molecule has 0 spiro atoms. The highest BCUT2D eigenvalue weighted by molar-refractivity contribution is 6.30. The first kappa shape index (κ1) is 16.2. The van der Waals surface area contributed by atoms with Crippen LogP contribution in [0.2, 0.25) is 5.02 Å². The van der Waals surface area contributed by atoms with Gasteiger partial charge in [-0.1, -0.05) is 23.7 Å². The molecule has 24 heavy (non-hydrogen) atoms. The minimum atomic E-state index is -0.271. The minimum Gasteiger partial charge on any atom is -0.370 e. The molecule has 0 aliphatic carbocycles. The first-order chi connectivity index (χ1) is 11.7. The molecule has 122 valence electrons. The van der Waals surface area contributed by atoms with Crippen LogP contribution >= 0.6 is 11.6 Å². The molecule has 0 aliphatic heterocycles. The van der Waals surface area contributed by atoms with E-state index >= 15 is 0 Å². The van der Waals surface area contributed by atoms with Gasteiger partial charge in [0, 0.05) is 23.3 Å². The lowest BCUT2D eigenvalue weighted by atomic mass is 10.1. The minimum absolute atomic E-state index is 0.271. The number of nitrogens with zero attached hydrogens (tertiary/aromatic N) is 2. The highest BCUT2D eigenvalue weighted by Gasteiger charge is 2.01. The van der Waals surface area contributed by atoms with E-state index in [-0.39, 0.29) is 5.82 Å². The van der Waals surface area contributed by atoms with E-state index in [9.17, 15) is 4.39 Å². The first-order valence-electron chi connectivity index (χ1n) is 7.52. The Kier molecular flexibility index (Phi) is 5.23. The molecular formula is C18H16ClFN4. The van der Waals surface area contributed by atoms with Crippen molar-refractivity contribution in [2.45, 2.75) is 6.42 Å². The second-order valence-electron chi connectivity index (χ2n) is 5.22. The van der Waals surface area contributed by atoms with Gasteiger partial charge in [-0.25, -0.2) is 14.4 Å². The molecule has 1 heterocycles. The summed E-state index contributed by atoms with van der Waals surface area (Å²) in [5.74, 6) is 1.10. The standard InChI is InChI=1S/C18H16ClFN4/c19-14-3-1-13(2-4-14)9-10-21-17-11-18(23-12-22-17)24-16-7-5-15(20)6-8-16/h1-8,11-12H,9-10H2,(H2,21,22,23,24). The zero-order chi connectivity index (χ0) is 16.8. The summed E-state index contributed by atoms with van der Waals surface area (Å²) in [5.41, 5.74) is 1.97. The van der Waals surface area contributed by atoms with E-state index in [1.54, 1.807) is 12.1 Å². The Hall–Kier alpha value is -2.66. The van der Waals surface area contributed by atoms with Crippen molar-refractivity contribution in [3.8, 4) is 0 Å². The summed E-state index contributed by atoms with van der Waals surface area (Å²) in [6.07, 6.45) is 2.35. The third-order valence-electron chi connectivity index (χ3n) is 3.42. The van der Waals surface area contributed by atoms with Gasteiger partial charge in [0.2, 0.25) is 0 Å². The average Bonchev–Trinajstić information content (AvgIpc) is 2.59. The molecule has 0 radical (unpaired) electrons. The molecule has 0 aliphatic rings. The Morgan fingerprint density at radius 1 is 0.917 bits per heavy atom. The van der Waals surface area contributed by atoms with Crippen LogP contribution in [0.1, 0.15) is 5.56 Å². The first-order valence-corrected chi connectivity index (χ1v) is 7.90. The van der Waals surface area contributed by atoms with Crippen molar-refractivity contribution in [1.82, 2.24) is 9.97 Å².